The SMILES string of the molecule is Cn1cnc(C2(N)CCN(C(=O)OC(C)(C)C)CC2)n1. The maximum Gasteiger partial charge on any atom is 0.410 e. The minimum atomic E-state index is -0.556. The Hall–Kier alpha value is -1.63. The van der Waals surface area contributed by atoms with E-state index in [9.17, 15) is 4.79 Å². The molecular formula is C13H23N5O2. The van der Waals surface area contributed by atoms with Crippen LogP contribution in [0.1, 0.15) is 39.4 Å². The van der Waals surface area contributed by atoms with Gasteiger partial charge in [-0.05, 0) is 33.6 Å². The molecule has 1 aromatic rings. The van der Waals surface area contributed by atoms with Gasteiger partial charge in [-0.3, -0.25) is 4.68 Å². The summed E-state index contributed by atoms with van der Waals surface area (Å²) < 4.78 is 7.01. The van der Waals surface area contributed by atoms with E-state index in [2.05, 4.69) is 10.1 Å². The number of hydrogen-bond acceptors (Lipinski definition) is 5. The molecule has 1 fully saturated rings. The number of rotatable bonds is 1. The summed E-state index contributed by atoms with van der Waals surface area (Å²) >= 11 is 0. The zero-order valence-corrected chi connectivity index (χ0v) is 12.6. The molecule has 0 aliphatic carbocycles. The molecule has 0 atom stereocenters. The number of amides is 1. The summed E-state index contributed by atoms with van der Waals surface area (Å²) in [5.74, 6) is 0.642. The molecule has 1 aliphatic heterocycles. The molecule has 2 rings (SSSR count). The van der Waals surface area contributed by atoms with Gasteiger partial charge in [-0.2, -0.15) is 5.10 Å². The number of nitrogens with zero attached hydrogens (tertiary/aromatic N) is 4. The number of nitrogens with two attached hydrogens (primary N) is 1. The highest BCUT2D eigenvalue weighted by atomic mass is 16.6. The topological polar surface area (TPSA) is 86.3 Å². The molecule has 0 spiro atoms. The highest BCUT2D eigenvalue weighted by molar-refractivity contribution is 5.68. The lowest BCUT2D eigenvalue weighted by atomic mass is 9.88. The summed E-state index contributed by atoms with van der Waals surface area (Å²) in [6, 6.07) is 0. The lowest BCUT2D eigenvalue weighted by molar-refractivity contribution is 0.0162. The summed E-state index contributed by atoms with van der Waals surface area (Å²) in [5.41, 5.74) is 5.34. The van der Waals surface area contributed by atoms with Crippen LogP contribution in [0.15, 0.2) is 6.33 Å². The summed E-state index contributed by atoms with van der Waals surface area (Å²) in [7, 11) is 1.82. The highest BCUT2D eigenvalue weighted by Gasteiger charge is 2.38. The Morgan fingerprint density at radius 1 is 1.40 bits per heavy atom. The fourth-order valence-corrected chi connectivity index (χ4v) is 2.21. The van der Waals surface area contributed by atoms with E-state index in [0.717, 1.165) is 0 Å². The molecule has 2 heterocycles. The van der Waals surface area contributed by atoms with Gasteiger partial charge in [-0.25, -0.2) is 9.78 Å². The number of hydrogen-bond donors (Lipinski definition) is 1. The van der Waals surface area contributed by atoms with Crippen LogP contribution < -0.4 is 5.73 Å². The third-order valence-electron chi connectivity index (χ3n) is 3.35. The van der Waals surface area contributed by atoms with Crippen molar-refractivity contribution in [3.05, 3.63) is 12.2 Å². The Balaban J connectivity index is 1.97. The Morgan fingerprint density at radius 3 is 2.45 bits per heavy atom. The molecule has 0 saturated carbocycles. The molecule has 0 unspecified atom stereocenters. The van der Waals surface area contributed by atoms with Gasteiger partial charge in [0.1, 0.15) is 11.9 Å². The van der Waals surface area contributed by atoms with Crippen molar-refractivity contribution < 1.29 is 9.53 Å². The second-order valence-corrected chi connectivity index (χ2v) is 6.37. The molecular weight excluding hydrogens is 258 g/mol. The molecule has 0 radical (unpaired) electrons. The smallest absolute Gasteiger partial charge is 0.410 e. The van der Waals surface area contributed by atoms with Crippen molar-refractivity contribution in [2.24, 2.45) is 12.8 Å². The Kier molecular flexibility index (Phi) is 3.73. The van der Waals surface area contributed by atoms with Gasteiger partial charge in [-0.1, -0.05) is 0 Å². The lowest BCUT2D eigenvalue weighted by Crippen LogP contribution is -2.51. The van der Waals surface area contributed by atoms with Gasteiger partial charge in [0.25, 0.3) is 0 Å². The summed E-state index contributed by atoms with van der Waals surface area (Å²) in [6.45, 7) is 6.70. The van der Waals surface area contributed by atoms with Crippen LogP contribution in [0.2, 0.25) is 0 Å². The van der Waals surface area contributed by atoms with Gasteiger partial charge in [0, 0.05) is 20.1 Å². The molecule has 2 N–H and O–H groups in total. The van der Waals surface area contributed by atoms with Crippen molar-refractivity contribution in [2.45, 2.75) is 44.8 Å². The van der Waals surface area contributed by atoms with E-state index in [4.69, 9.17) is 10.5 Å². The second-order valence-electron chi connectivity index (χ2n) is 6.37. The van der Waals surface area contributed by atoms with Crippen molar-refractivity contribution >= 4 is 6.09 Å². The van der Waals surface area contributed by atoms with Crippen molar-refractivity contribution in [3.63, 3.8) is 0 Å². The van der Waals surface area contributed by atoms with Gasteiger partial charge < -0.3 is 15.4 Å². The molecule has 112 valence electrons. The maximum atomic E-state index is 12.0. The first-order valence-corrected chi connectivity index (χ1v) is 6.83. The Morgan fingerprint density at radius 2 is 2.00 bits per heavy atom. The fraction of sp³-hybridized carbons (Fsp3) is 0.769. The van der Waals surface area contributed by atoms with Gasteiger partial charge in [0.05, 0.1) is 5.54 Å². The van der Waals surface area contributed by atoms with E-state index in [1.54, 1.807) is 15.9 Å². The van der Waals surface area contributed by atoms with Crippen LogP contribution in [0.25, 0.3) is 0 Å². The van der Waals surface area contributed by atoms with Crippen LogP contribution in [0.4, 0.5) is 4.79 Å². The maximum absolute atomic E-state index is 12.0. The van der Waals surface area contributed by atoms with Crippen LogP contribution in [0.5, 0.6) is 0 Å². The van der Waals surface area contributed by atoms with Gasteiger partial charge in [-0.15, -0.1) is 0 Å². The standard InChI is InChI=1S/C13H23N5O2/c1-12(2,3)20-11(19)18-7-5-13(14,6-8-18)10-15-9-17(4)16-10/h9H,5-8,14H2,1-4H3. The third kappa shape index (κ3) is 3.27. The van der Waals surface area contributed by atoms with Crippen LogP contribution in [-0.2, 0) is 17.3 Å². The molecule has 0 bridgehead atoms. The first-order chi connectivity index (χ1) is 9.20. The number of aromatic nitrogens is 3. The van der Waals surface area contributed by atoms with Crippen LogP contribution in [0.3, 0.4) is 0 Å². The molecule has 7 nitrogen and oxygen atoms in total. The Bertz CT molecular complexity index is 483. The van der Waals surface area contributed by atoms with E-state index < -0.39 is 11.1 Å². The molecule has 7 heteroatoms. The number of likely N-dealkylation sites (tertiary alicyclic amines) is 1. The van der Waals surface area contributed by atoms with Gasteiger partial charge >= 0.3 is 6.09 Å². The molecule has 1 aliphatic rings. The largest absolute Gasteiger partial charge is 0.444 e. The average Bonchev–Trinajstić information content (AvgIpc) is 2.75. The van der Waals surface area contributed by atoms with Crippen molar-refractivity contribution in [2.75, 3.05) is 13.1 Å². The highest BCUT2D eigenvalue weighted by Crippen LogP contribution is 2.28. The summed E-state index contributed by atoms with van der Waals surface area (Å²) in [5, 5.41) is 4.28. The third-order valence-corrected chi connectivity index (χ3v) is 3.35. The normalized spacial score (nSPS) is 18.9. The Labute approximate surface area is 119 Å². The van der Waals surface area contributed by atoms with Gasteiger partial charge in [0.2, 0.25) is 0 Å². The first kappa shape index (κ1) is 14.8. The van der Waals surface area contributed by atoms with Crippen molar-refractivity contribution in [1.29, 1.82) is 0 Å². The monoisotopic (exact) mass is 281 g/mol. The quantitative estimate of drug-likeness (QED) is 0.830. The zero-order chi connectivity index (χ0) is 15.0. The molecule has 1 saturated heterocycles. The van der Waals surface area contributed by atoms with Crippen LogP contribution >= 0.6 is 0 Å². The van der Waals surface area contributed by atoms with E-state index in [1.165, 1.54) is 0 Å². The average molecular weight is 281 g/mol. The van der Waals surface area contributed by atoms with E-state index in [-0.39, 0.29) is 6.09 Å². The molecule has 0 aromatic carbocycles. The molecule has 20 heavy (non-hydrogen) atoms. The second kappa shape index (κ2) is 5.05. The summed E-state index contributed by atoms with van der Waals surface area (Å²) in [6.07, 6.45) is 2.63. The number of carbonyl (C=O) groups excluding carboxylic acids is 1. The minimum absolute atomic E-state index is 0.284. The fourth-order valence-electron chi connectivity index (χ4n) is 2.21. The van der Waals surface area contributed by atoms with Crippen LogP contribution in [0, 0.1) is 0 Å². The number of piperidine rings is 1. The lowest BCUT2D eigenvalue weighted by Gasteiger charge is -2.37. The predicted molar refractivity (Wildman–Crippen MR) is 73.9 cm³/mol. The van der Waals surface area contributed by atoms with Crippen LogP contribution in [-0.4, -0.2) is 44.4 Å². The van der Waals surface area contributed by atoms with Crippen molar-refractivity contribution in [3.8, 4) is 0 Å². The van der Waals surface area contributed by atoms with E-state index in [0.29, 0.717) is 31.8 Å². The minimum Gasteiger partial charge on any atom is -0.444 e. The molecule has 1 amide bonds. The molecule has 1 aromatic heterocycles. The van der Waals surface area contributed by atoms with Gasteiger partial charge in [0.15, 0.2) is 5.82 Å². The predicted octanol–water partition coefficient (Wildman–Crippen LogP) is 1.000. The van der Waals surface area contributed by atoms with Crippen molar-refractivity contribution in [1.82, 2.24) is 19.7 Å². The number of aryl methyl sites for hydroxylation is 1. The van der Waals surface area contributed by atoms with E-state index >= 15 is 0 Å². The first-order valence-electron chi connectivity index (χ1n) is 6.83. The van der Waals surface area contributed by atoms with E-state index in [1.807, 2.05) is 27.8 Å². The summed E-state index contributed by atoms with van der Waals surface area (Å²) in [4.78, 5) is 17.9. The number of carbonyl (C=O) groups is 1. The number of ether oxygens (including phenoxy) is 1. The zero-order valence-electron chi connectivity index (χ0n) is 12.6.